The highest BCUT2D eigenvalue weighted by Gasteiger charge is 2.13. The summed E-state index contributed by atoms with van der Waals surface area (Å²) in [6.07, 6.45) is 2.18. The Morgan fingerprint density at radius 3 is 2.50 bits per heavy atom. The van der Waals surface area contributed by atoms with Crippen molar-refractivity contribution in [1.29, 1.82) is 0 Å². The van der Waals surface area contributed by atoms with Crippen molar-refractivity contribution in [3.8, 4) is 0 Å². The topological polar surface area (TPSA) is 88.8 Å². The summed E-state index contributed by atoms with van der Waals surface area (Å²) in [6, 6.07) is 7.40. The Morgan fingerprint density at radius 2 is 1.95 bits per heavy atom. The minimum Gasteiger partial charge on any atom is -0.384 e. The van der Waals surface area contributed by atoms with Gasteiger partial charge in [-0.1, -0.05) is 38.1 Å². The SMILES string of the molecule is CC(C)Cc1ccc(C(=O)c2cnc(=O)[nH]c2N)cc1. The van der Waals surface area contributed by atoms with Crippen molar-refractivity contribution < 1.29 is 4.79 Å². The molecule has 5 nitrogen and oxygen atoms in total. The van der Waals surface area contributed by atoms with Crippen molar-refractivity contribution >= 4 is 11.6 Å². The smallest absolute Gasteiger partial charge is 0.346 e. The molecule has 0 amide bonds. The molecular formula is C15H17N3O2. The maximum Gasteiger partial charge on any atom is 0.346 e. The number of carbonyl (C=O) groups excluding carboxylic acids is 1. The minimum absolute atomic E-state index is 0.0428. The molecule has 0 aliphatic rings. The van der Waals surface area contributed by atoms with E-state index in [-0.39, 0.29) is 17.2 Å². The van der Waals surface area contributed by atoms with Gasteiger partial charge in [0.2, 0.25) is 0 Å². The lowest BCUT2D eigenvalue weighted by Gasteiger charge is -2.07. The molecule has 0 unspecified atom stereocenters. The molecule has 1 heterocycles. The number of nitrogens with two attached hydrogens (primary N) is 1. The molecule has 1 aromatic heterocycles. The average molecular weight is 271 g/mol. The van der Waals surface area contributed by atoms with E-state index in [9.17, 15) is 9.59 Å². The number of carbonyl (C=O) groups is 1. The summed E-state index contributed by atoms with van der Waals surface area (Å²) in [5.41, 5.74) is 7.00. The number of nitrogens with zero attached hydrogens (tertiary/aromatic N) is 1. The number of ketones is 1. The zero-order valence-electron chi connectivity index (χ0n) is 11.5. The zero-order valence-corrected chi connectivity index (χ0v) is 11.5. The van der Waals surface area contributed by atoms with E-state index >= 15 is 0 Å². The van der Waals surface area contributed by atoms with E-state index in [1.807, 2.05) is 12.1 Å². The quantitative estimate of drug-likeness (QED) is 0.829. The maximum absolute atomic E-state index is 12.3. The number of aromatic nitrogens is 2. The average Bonchev–Trinajstić information content (AvgIpc) is 2.38. The third-order valence-electron chi connectivity index (χ3n) is 2.95. The number of aromatic amines is 1. The molecule has 0 aliphatic heterocycles. The van der Waals surface area contributed by atoms with Gasteiger partial charge in [-0.2, -0.15) is 0 Å². The van der Waals surface area contributed by atoms with Gasteiger partial charge in [0.15, 0.2) is 5.78 Å². The van der Waals surface area contributed by atoms with Crippen LogP contribution in [0.25, 0.3) is 0 Å². The Balaban J connectivity index is 2.27. The van der Waals surface area contributed by atoms with Crippen LogP contribution in [0.15, 0.2) is 35.3 Å². The lowest BCUT2D eigenvalue weighted by molar-refractivity contribution is 0.103. The van der Waals surface area contributed by atoms with Crippen LogP contribution in [0.3, 0.4) is 0 Å². The van der Waals surface area contributed by atoms with Crippen molar-refractivity contribution in [3.05, 3.63) is 57.6 Å². The van der Waals surface area contributed by atoms with E-state index in [0.29, 0.717) is 11.5 Å². The standard InChI is InChI=1S/C15H17N3O2/c1-9(2)7-10-3-5-11(6-4-10)13(19)12-8-17-15(20)18-14(12)16/h3-6,8-9H,7H2,1-2H3,(H3,16,17,18,20). The van der Waals surface area contributed by atoms with Crippen molar-refractivity contribution in [1.82, 2.24) is 9.97 Å². The molecule has 0 saturated carbocycles. The van der Waals surface area contributed by atoms with Gasteiger partial charge in [-0.25, -0.2) is 9.78 Å². The number of H-pyrrole nitrogens is 1. The molecule has 104 valence electrons. The Morgan fingerprint density at radius 1 is 1.30 bits per heavy atom. The fourth-order valence-corrected chi connectivity index (χ4v) is 2.01. The number of hydrogen-bond donors (Lipinski definition) is 2. The van der Waals surface area contributed by atoms with Crippen LogP contribution in [0.2, 0.25) is 0 Å². The fourth-order valence-electron chi connectivity index (χ4n) is 2.01. The van der Waals surface area contributed by atoms with Crippen molar-refractivity contribution in [2.75, 3.05) is 5.73 Å². The Kier molecular flexibility index (Phi) is 3.98. The summed E-state index contributed by atoms with van der Waals surface area (Å²) in [5.74, 6) is 0.360. The van der Waals surface area contributed by atoms with Gasteiger partial charge in [0, 0.05) is 11.8 Å². The first kappa shape index (κ1) is 14.0. The second-order valence-corrected chi connectivity index (χ2v) is 5.14. The van der Waals surface area contributed by atoms with Crippen LogP contribution < -0.4 is 11.4 Å². The van der Waals surface area contributed by atoms with Gasteiger partial charge in [-0.05, 0) is 17.9 Å². The maximum atomic E-state index is 12.3. The van der Waals surface area contributed by atoms with Gasteiger partial charge < -0.3 is 5.73 Å². The molecule has 3 N–H and O–H groups in total. The molecule has 0 fully saturated rings. The van der Waals surface area contributed by atoms with E-state index in [1.54, 1.807) is 12.1 Å². The van der Waals surface area contributed by atoms with Gasteiger partial charge in [0.05, 0.1) is 5.56 Å². The third-order valence-corrected chi connectivity index (χ3v) is 2.95. The van der Waals surface area contributed by atoms with Gasteiger partial charge in [0.25, 0.3) is 0 Å². The van der Waals surface area contributed by atoms with E-state index in [2.05, 4.69) is 23.8 Å². The number of benzene rings is 1. The highest BCUT2D eigenvalue weighted by Crippen LogP contribution is 2.15. The Bertz CT molecular complexity index is 672. The Hall–Kier alpha value is -2.43. The lowest BCUT2D eigenvalue weighted by atomic mass is 9.99. The molecule has 2 aromatic rings. The van der Waals surface area contributed by atoms with Crippen LogP contribution in [0.4, 0.5) is 5.82 Å². The summed E-state index contributed by atoms with van der Waals surface area (Å²) >= 11 is 0. The normalized spacial score (nSPS) is 10.8. The predicted octanol–water partition coefficient (Wildman–Crippen LogP) is 1.78. The van der Waals surface area contributed by atoms with Gasteiger partial charge >= 0.3 is 5.69 Å². The van der Waals surface area contributed by atoms with Gasteiger partial charge in [-0.3, -0.25) is 9.78 Å². The first-order chi connectivity index (χ1) is 9.47. The van der Waals surface area contributed by atoms with E-state index in [1.165, 1.54) is 11.8 Å². The molecule has 0 bridgehead atoms. The van der Waals surface area contributed by atoms with Crippen LogP contribution in [-0.2, 0) is 6.42 Å². The second-order valence-electron chi connectivity index (χ2n) is 5.14. The largest absolute Gasteiger partial charge is 0.384 e. The molecular weight excluding hydrogens is 254 g/mol. The van der Waals surface area contributed by atoms with Crippen LogP contribution >= 0.6 is 0 Å². The lowest BCUT2D eigenvalue weighted by Crippen LogP contribution is -2.17. The van der Waals surface area contributed by atoms with E-state index in [0.717, 1.165) is 6.42 Å². The highest BCUT2D eigenvalue weighted by atomic mass is 16.1. The van der Waals surface area contributed by atoms with Gasteiger partial charge in [-0.15, -0.1) is 0 Å². The number of hydrogen-bond acceptors (Lipinski definition) is 4. The van der Waals surface area contributed by atoms with Crippen LogP contribution in [0.5, 0.6) is 0 Å². The summed E-state index contributed by atoms with van der Waals surface area (Å²) < 4.78 is 0. The fraction of sp³-hybridized carbons (Fsp3) is 0.267. The van der Waals surface area contributed by atoms with Crippen molar-refractivity contribution in [2.45, 2.75) is 20.3 Å². The number of rotatable bonds is 4. The molecule has 1 aromatic carbocycles. The van der Waals surface area contributed by atoms with Crippen LogP contribution in [0.1, 0.15) is 35.3 Å². The summed E-state index contributed by atoms with van der Waals surface area (Å²) in [5, 5.41) is 0. The minimum atomic E-state index is -0.564. The molecule has 2 rings (SSSR count). The highest BCUT2D eigenvalue weighted by molar-refractivity contribution is 6.11. The van der Waals surface area contributed by atoms with Gasteiger partial charge in [0.1, 0.15) is 5.82 Å². The molecule has 0 aliphatic carbocycles. The van der Waals surface area contributed by atoms with Crippen LogP contribution in [0, 0.1) is 5.92 Å². The number of anilines is 1. The molecule has 0 spiro atoms. The monoisotopic (exact) mass is 271 g/mol. The second kappa shape index (κ2) is 5.69. The summed E-state index contributed by atoms with van der Waals surface area (Å²) in [4.78, 5) is 29.1. The summed E-state index contributed by atoms with van der Waals surface area (Å²) in [6.45, 7) is 4.29. The first-order valence-corrected chi connectivity index (χ1v) is 6.46. The van der Waals surface area contributed by atoms with Crippen molar-refractivity contribution in [2.24, 2.45) is 5.92 Å². The van der Waals surface area contributed by atoms with Crippen LogP contribution in [-0.4, -0.2) is 15.8 Å². The third kappa shape index (κ3) is 3.12. The summed E-state index contributed by atoms with van der Waals surface area (Å²) in [7, 11) is 0. The number of nitrogens with one attached hydrogen (secondary N) is 1. The molecule has 0 atom stereocenters. The Labute approximate surface area is 116 Å². The molecule has 0 saturated heterocycles. The van der Waals surface area contributed by atoms with E-state index in [4.69, 9.17) is 5.73 Å². The zero-order chi connectivity index (χ0) is 14.7. The van der Waals surface area contributed by atoms with E-state index < -0.39 is 5.69 Å². The molecule has 20 heavy (non-hydrogen) atoms. The molecule has 0 radical (unpaired) electrons. The van der Waals surface area contributed by atoms with Crippen molar-refractivity contribution in [3.63, 3.8) is 0 Å². The number of nitrogen functional groups attached to an aromatic ring is 1. The first-order valence-electron chi connectivity index (χ1n) is 6.46. The molecule has 5 heteroatoms. The predicted molar refractivity (Wildman–Crippen MR) is 77.7 cm³/mol.